The molecule has 140 valence electrons. The number of ether oxygens (including phenoxy) is 2. The summed E-state index contributed by atoms with van der Waals surface area (Å²) in [5.41, 5.74) is 2.17. The molecule has 0 unspecified atom stereocenters. The molecule has 1 saturated heterocycles. The summed E-state index contributed by atoms with van der Waals surface area (Å²) in [5.74, 6) is -3.22. The van der Waals surface area contributed by atoms with Gasteiger partial charge in [0.2, 0.25) is 0 Å². The summed E-state index contributed by atoms with van der Waals surface area (Å²) < 4.78 is 24.2. The van der Waals surface area contributed by atoms with Crippen LogP contribution in [0.15, 0.2) is 65.7 Å². The van der Waals surface area contributed by atoms with Crippen LogP contribution in [0.25, 0.3) is 0 Å². The minimum atomic E-state index is -1.28. The summed E-state index contributed by atoms with van der Waals surface area (Å²) >= 11 is 0. The summed E-state index contributed by atoms with van der Waals surface area (Å²) in [5, 5.41) is 0. The van der Waals surface area contributed by atoms with Crippen molar-refractivity contribution in [3.05, 3.63) is 82.7 Å². The molecule has 1 fully saturated rings. The summed E-state index contributed by atoms with van der Waals surface area (Å²) in [6, 6.07) is 15.9. The largest absolute Gasteiger partial charge is 0.419 e. The summed E-state index contributed by atoms with van der Waals surface area (Å²) in [6.07, 6.45) is 0.355. The van der Waals surface area contributed by atoms with Gasteiger partial charge in [-0.15, -0.1) is 0 Å². The van der Waals surface area contributed by atoms with E-state index in [-0.39, 0.29) is 17.3 Å². The molecule has 0 saturated carbocycles. The lowest BCUT2D eigenvalue weighted by Crippen LogP contribution is -2.42. The predicted octanol–water partition coefficient (Wildman–Crippen LogP) is 4.50. The van der Waals surface area contributed by atoms with E-state index in [4.69, 9.17) is 9.47 Å². The molecule has 1 heterocycles. The van der Waals surface area contributed by atoms with E-state index >= 15 is 0 Å². The molecule has 0 amide bonds. The fraction of sp³-hybridized carbons (Fsp3) is 0.273. The standard InChI is InChI=1S/C22H21FO4/c1-14(19-20(24)26-22(2,3)27-21(19)25)12-18(15-8-5-4-6-9-15)16-10-7-11-17(23)13-16/h4-11,13,18H,12H2,1-3H3/t18-/m1/s1. The molecular weight excluding hydrogens is 347 g/mol. The van der Waals surface area contributed by atoms with Gasteiger partial charge < -0.3 is 9.47 Å². The van der Waals surface area contributed by atoms with Gasteiger partial charge in [0.05, 0.1) is 0 Å². The highest BCUT2D eigenvalue weighted by Gasteiger charge is 2.40. The van der Waals surface area contributed by atoms with Crippen LogP contribution in [0, 0.1) is 5.82 Å². The number of esters is 2. The highest BCUT2D eigenvalue weighted by atomic mass is 19.1. The number of rotatable bonds is 4. The molecule has 0 spiro atoms. The third-order valence-corrected chi connectivity index (χ3v) is 4.48. The lowest BCUT2D eigenvalue weighted by atomic mass is 9.85. The highest BCUT2D eigenvalue weighted by molar-refractivity contribution is 6.16. The van der Waals surface area contributed by atoms with E-state index in [1.807, 2.05) is 36.4 Å². The van der Waals surface area contributed by atoms with Crippen molar-refractivity contribution in [3.63, 3.8) is 0 Å². The van der Waals surface area contributed by atoms with Crippen LogP contribution in [0.3, 0.4) is 0 Å². The summed E-state index contributed by atoms with van der Waals surface area (Å²) in [4.78, 5) is 24.7. The lowest BCUT2D eigenvalue weighted by Gasteiger charge is -2.31. The van der Waals surface area contributed by atoms with Crippen LogP contribution >= 0.6 is 0 Å². The zero-order chi connectivity index (χ0) is 19.6. The van der Waals surface area contributed by atoms with Gasteiger partial charge in [-0.1, -0.05) is 48.0 Å². The van der Waals surface area contributed by atoms with Gasteiger partial charge in [0.15, 0.2) is 0 Å². The molecule has 1 aliphatic heterocycles. The van der Waals surface area contributed by atoms with Crippen molar-refractivity contribution in [2.24, 2.45) is 0 Å². The molecular formula is C22H21FO4. The van der Waals surface area contributed by atoms with Gasteiger partial charge >= 0.3 is 11.9 Å². The van der Waals surface area contributed by atoms with Crippen molar-refractivity contribution >= 4 is 11.9 Å². The Balaban J connectivity index is 1.99. The first-order valence-electron chi connectivity index (χ1n) is 8.73. The smallest absolute Gasteiger partial charge is 0.348 e. The lowest BCUT2D eigenvalue weighted by molar-refractivity contribution is -0.222. The van der Waals surface area contributed by atoms with Crippen molar-refractivity contribution in [3.8, 4) is 0 Å². The molecule has 5 heteroatoms. The fourth-order valence-corrected chi connectivity index (χ4v) is 3.25. The van der Waals surface area contributed by atoms with Crippen molar-refractivity contribution in [1.82, 2.24) is 0 Å². The Bertz CT molecular complexity index is 878. The first kappa shape index (κ1) is 18.8. The van der Waals surface area contributed by atoms with Crippen LogP contribution in [0.2, 0.25) is 0 Å². The van der Waals surface area contributed by atoms with Crippen molar-refractivity contribution in [2.45, 2.75) is 38.9 Å². The van der Waals surface area contributed by atoms with Crippen LogP contribution in [-0.2, 0) is 19.1 Å². The second-order valence-electron chi connectivity index (χ2n) is 7.06. The van der Waals surface area contributed by atoms with Crippen molar-refractivity contribution in [1.29, 1.82) is 0 Å². The minimum Gasteiger partial charge on any atom is -0.419 e. The van der Waals surface area contributed by atoms with E-state index in [0.29, 0.717) is 12.0 Å². The maximum Gasteiger partial charge on any atom is 0.348 e. The molecule has 27 heavy (non-hydrogen) atoms. The Kier molecular flexibility index (Phi) is 5.13. The molecule has 2 aromatic carbocycles. The fourth-order valence-electron chi connectivity index (χ4n) is 3.25. The normalized spacial score (nSPS) is 17.1. The van der Waals surface area contributed by atoms with Crippen LogP contribution in [0.5, 0.6) is 0 Å². The van der Waals surface area contributed by atoms with Crippen molar-refractivity contribution < 1.29 is 23.5 Å². The quantitative estimate of drug-likeness (QED) is 0.453. The van der Waals surface area contributed by atoms with E-state index in [1.165, 1.54) is 26.0 Å². The third-order valence-electron chi connectivity index (χ3n) is 4.48. The molecule has 1 aliphatic rings. The topological polar surface area (TPSA) is 52.6 Å². The molecule has 0 aromatic heterocycles. The van der Waals surface area contributed by atoms with E-state index < -0.39 is 17.7 Å². The molecule has 0 N–H and O–H groups in total. The number of cyclic esters (lactones) is 2. The Morgan fingerprint density at radius 1 is 0.963 bits per heavy atom. The van der Waals surface area contributed by atoms with Gasteiger partial charge in [-0.05, 0) is 36.6 Å². The molecule has 0 aliphatic carbocycles. The van der Waals surface area contributed by atoms with Gasteiger partial charge in [0.25, 0.3) is 5.79 Å². The van der Waals surface area contributed by atoms with Gasteiger partial charge in [-0.2, -0.15) is 0 Å². The zero-order valence-electron chi connectivity index (χ0n) is 15.5. The summed E-state index contributed by atoms with van der Waals surface area (Å²) in [6.45, 7) is 4.72. The SMILES string of the molecule is CC(C[C@H](c1ccccc1)c1cccc(F)c1)=C1C(=O)OC(C)(C)OC1=O. The first-order chi connectivity index (χ1) is 12.8. The molecule has 2 aromatic rings. The van der Waals surface area contributed by atoms with Gasteiger partial charge in [-0.3, -0.25) is 0 Å². The average molecular weight is 368 g/mol. The number of hydrogen-bond donors (Lipinski definition) is 0. The predicted molar refractivity (Wildman–Crippen MR) is 98.3 cm³/mol. The van der Waals surface area contributed by atoms with Crippen LogP contribution in [0.1, 0.15) is 44.2 Å². The maximum atomic E-state index is 13.8. The number of carbonyl (C=O) groups is 2. The monoisotopic (exact) mass is 368 g/mol. The van der Waals surface area contributed by atoms with E-state index in [9.17, 15) is 14.0 Å². The Hall–Kier alpha value is -2.95. The number of benzene rings is 2. The van der Waals surface area contributed by atoms with Crippen molar-refractivity contribution in [2.75, 3.05) is 0 Å². The number of allylic oxidation sites excluding steroid dienone is 1. The highest BCUT2D eigenvalue weighted by Crippen LogP contribution is 2.34. The molecule has 4 nitrogen and oxygen atoms in total. The maximum absolute atomic E-state index is 13.8. The number of carbonyl (C=O) groups excluding carboxylic acids is 2. The Morgan fingerprint density at radius 2 is 1.56 bits per heavy atom. The van der Waals surface area contributed by atoms with Gasteiger partial charge in [-0.25, -0.2) is 14.0 Å². The molecule has 0 radical (unpaired) electrons. The first-order valence-corrected chi connectivity index (χ1v) is 8.73. The van der Waals surface area contributed by atoms with Gasteiger partial charge in [0.1, 0.15) is 11.4 Å². The Labute approximate surface area is 157 Å². The third kappa shape index (κ3) is 4.25. The number of halogens is 1. The molecule has 0 bridgehead atoms. The second kappa shape index (κ2) is 7.35. The van der Waals surface area contributed by atoms with Crippen LogP contribution in [-0.4, -0.2) is 17.7 Å². The second-order valence-corrected chi connectivity index (χ2v) is 7.06. The number of hydrogen-bond acceptors (Lipinski definition) is 4. The van der Waals surface area contributed by atoms with E-state index in [0.717, 1.165) is 11.1 Å². The van der Waals surface area contributed by atoms with E-state index in [2.05, 4.69) is 0 Å². The molecule has 3 rings (SSSR count). The summed E-state index contributed by atoms with van der Waals surface area (Å²) in [7, 11) is 0. The van der Waals surface area contributed by atoms with Crippen LogP contribution in [0.4, 0.5) is 4.39 Å². The minimum absolute atomic E-state index is 0.0911. The van der Waals surface area contributed by atoms with E-state index in [1.54, 1.807) is 13.0 Å². The molecule has 1 atom stereocenters. The average Bonchev–Trinajstić information content (AvgIpc) is 2.58. The Morgan fingerprint density at radius 3 is 2.15 bits per heavy atom. The van der Waals surface area contributed by atoms with Gasteiger partial charge in [0, 0.05) is 19.8 Å². The zero-order valence-corrected chi connectivity index (χ0v) is 15.5. The van der Waals surface area contributed by atoms with Crippen LogP contribution < -0.4 is 0 Å².